The van der Waals surface area contributed by atoms with Crippen molar-refractivity contribution >= 4 is 11.8 Å². The Morgan fingerprint density at radius 2 is 1.66 bits per heavy atom. The van der Waals surface area contributed by atoms with Crippen molar-refractivity contribution in [1.29, 1.82) is 0 Å². The number of aryl methyl sites for hydroxylation is 3. The van der Waals surface area contributed by atoms with Crippen molar-refractivity contribution in [3.63, 3.8) is 0 Å². The number of nitrogens with zero attached hydrogens (tertiary/aromatic N) is 5. The number of imidazole rings is 2. The number of pyridine rings is 1. The van der Waals surface area contributed by atoms with Gasteiger partial charge in [0.2, 0.25) is 0 Å². The molecule has 0 saturated heterocycles. The van der Waals surface area contributed by atoms with Gasteiger partial charge in [-0.1, -0.05) is 44.2 Å². The molecule has 0 fully saturated rings. The molecular formula is C29H38N5S+. The highest BCUT2D eigenvalue weighted by atomic mass is 32.2. The van der Waals surface area contributed by atoms with E-state index in [0.717, 1.165) is 42.7 Å². The van der Waals surface area contributed by atoms with Crippen molar-refractivity contribution in [2.45, 2.75) is 58.0 Å². The number of thioether (sulfide) groups is 1. The molecule has 2 atom stereocenters. The topological polar surface area (TPSA) is 39.5 Å². The molecule has 6 heteroatoms. The molecule has 0 radical (unpaired) electrons. The third kappa shape index (κ3) is 6.85. The van der Waals surface area contributed by atoms with E-state index in [-0.39, 0.29) is 0 Å². The fraction of sp³-hybridized carbons (Fsp3) is 0.414. The zero-order valence-corrected chi connectivity index (χ0v) is 22.1. The van der Waals surface area contributed by atoms with Gasteiger partial charge >= 0.3 is 0 Å². The quantitative estimate of drug-likeness (QED) is 0.169. The molecule has 35 heavy (non-hydrogen) atoms. The van der Waals surface area contributed by atoms with Crippen molar-refractivity contribution < 1.29 is 4.57 Å². The molecular weight excluding hydrogens is 450 g/mol. The van der Waals surface area contributed by atoms with Crippen LogP contribution in [0.1, 0.15) is 56.1 Å². The first-order chi connectivity index (χ1) is 17.2. The maximum Gasteiger partial charge on any atom is 0.176 e. The highest BCUT2D eigenvalue weighted by Crippen LogP contribution is 2.31. The molecule has 1 aromatic carbocycles. The fourth-order valence-corrected chi connectivity index (χ4v) is 5.54. The van der Waals surface area contributed by atoms with Gasteiger partial charge in [0, 0.05) is 50.5 Å². The van der Waals surface area contributed by atoms with Crippen LogP contribution in [0, 0.1) is 0 Å². The molecule has 0 aliphatic carbocycles. The molecule has 0 N–H and O–H groups in total. The molecule has 2 unspecified atom stereocenters. The second-order valence-electron chi connectivity index (χ2n) is 9.29. The van der Waals surface area contributed by atoms with E-state index >= 15 is 0 Å². The smallest absolute Gasteiger partial charge is 0.176 e. The summed E-state index contributed by atoms with van der Waals surface area (Å²) in [6, 6.07) is 15.6. The average molecular weight is 489 g/mol. The van der Waals surface area contributed by atoms with E-state index in [2.05, 4.69) is 94.0 Å². The lowest BCUT2D eigenvalue weighted by atomic mass is 9.85. The lowest BCUT2D eigenvalue weighted by molar-refractivity contribution is -0.692. The Kier molecular flexibility index (Phi) is 9.18. The van der Waals surface area contributed by atoms with Crippen LogP contribution in [-0.2, 0) is 20.1 Å². The van der Waals surface area contributed by atoms with Crippen LogP contribution in [0.3, 0.4) is 0 Å². The van der Waals surface area contributed by atoms with Gasteiger partial charge in [0.25, 0.3) is 0 Å². The summed E-state index contributed by atoms with van der Waals surface area (Å²) in [6.07, 6.45) is 15.7. The van der Waals surface area contributed by atoms with Gasteiger partial charge in [0.15, 0.2) is 30.6 Å². The molecule has 0 amide bonds. The summed E-state index contributed by atoms with van der Waals surface area (Å²) in [5, 5.41) is 0. The van der Waals surface area contributed by atoms with Crippen molar-refractivity contribution in [3.8, 4) is 11.6 Å². The number of aromatic nitrogens is 5. The van der Waals surface area contributed by atoms with E-state index in [9.17, 15) is 0 Å². The van der Waals surface area contributed by atoms with Crippen LogP contribution in [-0.4, -0.2) is 30.6 Å². The van der Waals surface area contributed by atoms with Crippen molar-refractivity contribution in [1.82, 2.24) is 19.1 Å². The third-order valence-electron chi connectivity index (χ3n) is 6.81. The monoisotopic (exact) mass is 488 g/mol. The van der Waals surface area contributed by atoms with Crippen LogP contribution < -0.4 is 4.57 Å². The number of hydrogen-bond acceptors (Lipinski definition) is 3. The van der Waals surface area contributed by atoms with Gasteiger partial charge in [0.05, 0.1) is 5.75 Å². The van der Waals surface area contributed by atoms with Crippen molar-refractivity contribution in [2.75, 3.05) is 11.5 Å². The summed E-state index contributed by atoms with van der Waals surface area (Å²) in [5.41, 5.74) is 2.90. The minimum absolute atomic E-state index is 0.558. The first-order valence-electron chi connectivity index (χ1n) is 12.8. The number of benzene rings is 1. The second-order valence-corrected chi connectivity index (χ2v) is 10.5. The van der Waals surface area contributed by atoms with Crippen molar-refractivity contribution in [2.24, 2.45) is 7.05 Å². The predicted octanol–water partition coefficient (Wildman–Crippen LogP) is 6.08. The van der Waals surface area contributed by atoms with E-state index in [1.165, 1.54) is 24.0 Å². The van der Waals surface area contributed by atoms with E-state index in [0.29, 0.717) is 11.8 Å². The zero-order chi connectivity index (χ0) is 24.5. The van der Waals surface area contributed by atoms with Gasteiger partial charge in [-0.05, 0) is 48.0 Å². The maximum atomic E-state index is 4.50. The summed E-state index contributed by atoms with van der Waals surface area (Å²) >= 11 is 2.02. The first kappa shape index (κ1) is 25.2. The Hall–Kier alpha value is -2.86. The minimum atomic E-state index is 0.558. The van der Waals surface area contributed by atoms with Gasteiger partial charge < -0.3 is 9.13 Å². The second kappa shape index (κ2) is 12.7. The standard InChI is InChI=1S/C29H38N5S/c1-4-25(27-9-6-5-7-10-27)23-24(2)26-11-16-33(17-12-26)20-22-35-21-8-15-34-19-14-31-29(34)28-30-13-18-32(28)3/h5-7,9-14,16-19,24-25H,4,8,15,20-23H2,1-3H3/q+1. The van der Waals surface area contributed by atoms with Gasteiger partial charge in [-0.2, -0.15) is 11.8 Å². The summed E-state index contributed by atoms with van der Waals surface area (Å²) in [4.78, 5) is 8.93. The average Bonchev–Trinajstić information content (AvgIpc) is 3.53. The SMILES string of the molecule is CCC(CC(C)c1cc[n+](CCSCCCn2ccnc2-c2nccn2C)cc1)c1ccccc1. The normalized spacial score (nSPS) is 13.1. The summed E-state index contributed by atoms with van der Waals surface area (Å²) in [6.45, 7) is 6.68. The largest absolute Gasteiger partial charge is 0.331 e. The third-order valence-corrected chi connectivity index (χ3v) is 7.85. The fourth-order valence-electron chi connectivity index (χ4n) is 4.66. The molecule has 184 valence electrons. The van der Waals surface area contributed by atoms with E-state index < -0.39 is 0 Å². The molecule has 0 spiro atoms. The van der Waals surface area contributed by atoms with E-state index in [1.807, 2.05) is 42.0 Å². The van der Waals surface area contributed by atoms with Crippen LogP contribution in [0.15, 0.2) is 79.6 Å². The van der Waals surface area contributed by atoms with Gasteiger partial charge in [-0.3, -0.25) is 0 Å². The minimum Gasteiger partial charge on any atom is -0.331 e. The highest BCUT2D eigenvalue weighted by molar-refractivity contribution is 7.99. The molecule has 0 saturated carbocycles. The molecule has 4 rings (SSSR count). The molecule has 4 aromatic rings. The summed E-state index contributed by atoms with van der Waals surface area (Å²) in [5.74, 6) is 5.32. The van der Waals surface area contributed by atoms with Crippen LogP contribution in [0.4, 0.5) is 0 Å². The maximum absolute atomic E-state index is 4.50. The predicted molar refractivity (Wildman–Crippen MR) is 146 cm³/mol. The number of hydrogen-bond donors (Lipinski definition) is 0. The van der Waals surface area contributed by atoms with Crippen LogP contribution in [0.5, 0.6) is 0 Å². The Balaban J connectivity index is 1.18. The van der Waals surface area contributed by atoms with Crippen LogP contribution in [0.2, 0.25) is 0 Å². The van der Waals surface area contributed by atoms with Crippen LogP contribution >= 0.6 is 11.8 Å². The highest BCUT2D eigenvalue weighted by Gasteiger charge is 2.16. The van der Waals surface area contributed by atoms with E-state index in [4.69, 9.17) is 0 Å². The molecule has 3 heterocycles. The van der Waals surface area contributed by atoms with Gasteiger partial charge in [-0.25, -0.2) is 14.5 Å². The lowest BCUT2D eigenvalue weighted by Crippen LogP contribution is -2.34. The van der Waals surface area contributed by atoms with Gasteiger partial charge in [0.1, 0.15) is 0 Å². The Bertz CT molecular complexity index is 1150. The van der Waals surface area contributed by atoms with Crippen molar-refractivity contribution in [3.05, 3.63) is 90.8 Å². The molecule has 5 nitrogen and oxygen atoms in total. The Morgan fingerprint density at radius 1 is 0.914 bits per heavy atom. The van der Waals surface area contributed by atoms with Gasteiger partial charge in [-0.15, -0.1) is 0 Å². The Morgan fingerprint density at radius 3 is 2.37 bits per heavy atom. The lowest BCUT2D eigenvalue weighted by Gasteiger charge is -2.20. The van der Waals surface area contributed by atoms with Crippen LogP contribution in [0.25, 0.3) is 11.6 Å². The Labute approximate surface area is 214 Å². The number of rotatable bonds is 13. The molecule has 0 bridgehead atoms. The van der Waals surface area contributed by atoms with E-state index in [1.54, 1.807) is 0 Å². The zero-order valence-electron chi connectivity index (χ0n) is 21.3. The summed E-state index contributed by atoms with van der Waals surface area (Å²) in [7, 11) is 2.01. The summed E-state index contributed by atoms with van der Waals surface area (Å²) < 4.78 is 6.54. The molecule has 0 aliphatic heterocycles. The molecule has 0 aliphatic rings. The first-order valence-corrected chi connectivity index (χ1v) is 13.9. The molecule has 3 aromatic heterocycles.